The molecule has 29 heavy (non-hydrogen) atoms. The van der Waals surface area contributed by atoms with Gasteiger partial charge in [-0.1, -0.05) is 36.4 Å². The molecule has 0 unspecified atom stereocenters. The number of pyridine rings is 1. The van der Waals surface area contributed by atoms with Crippen LogP contribution in [0.5, 0.6) is 0 Å². The van der Waals surface area contributed by atoms with Gasteiger partial charge in [0, 0.05) is 5.39 Å². The van der Waals surface area contributed by atoms with Crippen molar-refractivity contribution in [2.24, 2.45) is 0 Å². The maximum Gasteiger partial charge on any atom is 0.417 e. The number of amides is 1. The summed E-state index contributed by atoms with van der Waals surface area (Å²) in [6.07, 6.45) is -5.20. The highest BCUT2D eigenvalue weighted by molar-refractivity contribution is 7.21. The first-order chi connectivity index (χ1) is 13.9. The van der Waals surface area contributed by atoms with Crippen LogP contribution in [0.15, 0.2) is 53.9 Å². The summed E-state index contributed by atoms with van der Waals surface area (Å²) < 4.78 is 41.9. The lowest BCUT2D eigenvalue weighted by Gasteiger charge is -2.26. The van der Waals surface area contributed by atoms with Gasteiger partial charge in [0.05, 0.1) is 21.8 Å². The van der Waals surface area contributed by atoms with Crippen LogP contribution in [0.25, 0.3) is 20.8 Å². The molecule has 0 fully saturated rings. The minimum absolute atomic E-state index is 0.0615. The molecule has 1 atom stereocenters. The van der Waals surface area contributed by atoms with Crippen LogP contribution in [0.3, 0.4) is 0 Å². The molecule has 146 valence electrons. The van der Waals surface area contributed by atoms with Crippen molar-refractivity contribution in [3.8, 4) is 10.6 Å². The van der Waals surface area contributed by atoms with E-state index in [1.807, 2.05) is 6.07 Å². The van der Waals surface area contributed by atoms with Gasteiger partial charge >= 0.3 is 6.18 Å². The van der Waals surface area contributed by atoms with Crippen LogP contribution in [-0.2, 0) is 6.18 Å². The van der Waals surface area contributed by atoms with E-state index < -0.39 is 23.8 Å². The van der Waals surface area contributed by atoms with E-state index in [1.54, 1.807) is 41.8 Å². The topological polar surface area (TPSA) is 54.0 Å². The van der Waals surface area contributed by atoms with Gasteiger partial charge in [0.25, 0.3) is 5.91 Å². The third-order valence-corrected chi connectivity index (χ3v) is 6.62. The zero-order valence-corrected chi connectivity index (χ0v) is 16.2. The maximum absolute atomic E-state index is 14.0. The molecule has 4 nitrogen and oxygen atoms in total. The lowest BCUT2D eigenvalue weighted by atomic mass is 10.1. The molecule has 2 N–H and O–H groups in total. The SMILES string of the molecule is O=C1N[C@@H](c2ccccc2)Nc2c1sc1nc(-c3cccs3)cc(C(F)(F)F)c21. The molecule has 9 heteroatoms. The Morgan fingerprint density at radius 1 is 1.03 bits per heavy atom. The van der Waals surface area contributed by atoms with Crippen molar-refractivity contribution in [2.45, 2.75) is 12.3 Å². The van der Waals surface area contributed by atoms with Gasteiger partial charge in [-0.15, -0.1) is 22.7 Å². The van der Waals surface area contributed by atoms with E-state index in [4.69, 9.17) is 0 Å². The van der Waals surface area contributed by atoms with E-state index in [0.29, 0.717) is 4.88 Å². The van der Waals surface area contributed by atoms with Gasteiger partial charge < -0.3 is 10.6 Å². The summed E-state index contributed by atoms with van der Waals surface area (Å²) in [4.78, 5) is 18.1. The molecule has 1 amide bonds. The fourth-order valence-electron chi connectivity index (χ4n) is 3.36. The van der Waals surface area contributed by atoms with E-state index in [9.17, 15) is 18.0 Å². The number of carbonyl (C=O) groups is 1. The number of hydrogen-bond acceptors (Lipinski definition) is 5. The third kappa shape index (κ3) is 3.06. The molecule has 3 aromatic heterocycles. The molecule has 1 aliphatic rings. The summed E-state index contributed by atoms with van der Waals surface area (Å²) in [5.41, 5.74) is 0.388. The lowest BCUT2D eigenvalue weighted by molar-refractivity contribution is -0.136. The van der Waals surface area contributed by atoms with E-state index in [1.165, 1.54) is 11.3 Å². The average molecular weight is 431 g/mol. The smallest absolute Gasteiger partial charge is 0.360 e. The Balaban J connectivity index is 1.73. The summed E-state index contributed by atoms with van der Waals surface area (Å²) in [6, 6.07) is 13.6. The van der Waals surface area contributed by atoms with Gasteiger partial charge in [0.1, 0.15) is 15.9 Å². The predicted molar refractivity (Wildman–Crippen MR) is 108 cm³/mol. The molecule has 0 saturated carbocycles. The number of nitrogens with one attached hydrogen (secondary N) is 2. The molecule has 5 rings (SSSR count). The minimum Gasteiger partial charge on any atom is -0.360 e. The zero-order chi connectivity index (χ0) is 20.2. The van der Waals surface area contributed by atoms with Crippen molar-refractivity contribution in [3.05, 3.63) is 69.9 Å². The highest BCUT2D eigenvalue weighted by Crippen LogP contribution is 2.46. The second kappa shape index (κ2) is 6.57. The van der Waals surface area contributed by atoms with Gasteiger partial charge in [-0.25, -0.2) is 4.98 Å². The molecule has 4 aromatic rings. The molecule has 0 bridgehead atoms. The zero-order valence-electron chi connectivity index (χ0n) is 14.6. The fraction of sp³-hybridized carbons (Fsp3) is 0.100. The molecule has 4 heterocycles. The summed E-state index contributed by atoms with van der Waals surface area (Å²) in [5, 5.41) is 7.60. The Kier molecular flexibility index (Phi) is 4.11. The quantitative estimate of drug-likeness (QED) is 0.416. The summed E-state index contributed by atoms with van der Waals surface area (Å²) in [6.45, 7) is 0. The van der Waals surface area contributed by atoms with Crippen molar-refractivity contribution in [1.29, 1.82) is 0 Å². The van der Waals surface area contributed by atoms with E-state index >= 15 is 0 Å². The number of benzene rings is 1. The van der Waals surface area contributed by atoms with Crippen molar-refractivity contribution >= 4 is 44.5 Å². The van der Waals surface area contributed by atoms with Gasteiger partial charge in [-0.3, -0.25) is 4.79 Å². The number of alkyl halides is 3. The molecule has 0 radical (unpaired) electrons. The van der Waals surface area contributed by atoms with Crippen LogP contribution in [0, 0.1) is 0 Å². The largest absolute Gasteiger partial charge is 0.417 e. The van der Waals surface area contributed by atoms with Crippen LogP contribution in [-0.4, -0.2) is 10.9 Å². The Morgan fingerprint density at radius 2 is 1.83 bits per heavy atom. The van der Waals surface area contributed by atoms with Crippen LogP contribution >= 0.6 is 22.7 Å². The van der Waals surface area contributed by atoms with Crippen molar-refractivity contribution in [1.82, 2.24) is 10.3 Å². The molecule has 0 saturated heterocycles. The highest BCUT2D eigenvalue weighted by Gasteiger charge is 2.38. The molecule has 0 spiro atoms. The average Bonchev–Trinajstić information content (AvgIpc) is 3.35. The van der Waals surface area contributed by atoms with E-state index in [2.05, 4.69) is 15.6 Å². The number of carbonyl (C=O) groups excluding carboxylic acids is 1. The van der Waals surface area contributed by atoms with Crippen LogP contribution < -0.4 is 10.6 Å². The van der Waals surface area contributed by atoms with Crippen molar-refractivity contribution in [2.75, 3.05) is 5.32 Å². The van der Waals surface area contributed by atoms with E-state index in [0.717, 1.165) is 23.0 Å². The number of rotatable bonds is 2. The number of hydrogen-bond donors (Lipinski definition) is 2. The van der Waals surface area contributed by atoms with Crippen LogP contribution in [0.1, 0.15) is 27.0 Å². The Morgan fingerprint density at radius 3 is 2.52 bits per heavy atom. The van der Waals surface area contributed by atoms with Crippen LogP contribution in [0.2, 0.25) is 0 Å². The molecule has 1 aliphatic heterocycles. The second-order valence-corrected chi connectivity index (χ2v) is 8.42. The summed E-state index contributed by atoms with van der Waals surface area (Å²) in [7, 11) is 0. The van der Waals surface area contributed by atoms with Crippen molar-refractivity contribution < 1.29 is 18.0 Å². The molecule has 0 aliphatic carbocycles. The summed E-state index contributed by atoms with van der Waals surface area (Å²) in [5.74, 6) is -0.415. The number of anilines is 1. The highest BCUT2D eigenvalue weighted by atomic mass is 32.1. The number of fused-ring (bicyclic) bond motifs is 3. The van der Waals surface area contributed by atoms with Gasteiger partial charge in [-0.2, -0.15) is 13.2 Å². The monoisotopic (exact) mass is 431 g/mol. The van der Waals surface area contributed by atoms with Gasteiger partial charge in [0.15, 0.2) is 0 Å². The summed E-state index contributed by atoms with van der Waals surface area (Å²) >= 11 is 2.28. The first kappa shape index (κ1) is 18.1. The predicted octanol–water partition coefficient (Wildman–Crippen LogP) is 5.90. The number of aromatic nitrogens is 1. The molecule has 1 aromatic carbocycles. The fourth-order valence-corrected chi connectivity index (χ4v) is 5.11. The minimum atomic E-state index is -4.58. The normalized spacial score (nSPS) is 16.4. The van der Waals surface area contributed by atoms with E-state index in [-0.39, 0.29) is 26.5 Å². The first-order valence-electron chi connectivity index (χ1n) is 8.63. The molecular formula is C20H12F3N3OS2. The third-order valence-electron chi connectivity index (χ3n) is 4.64. The molecular weight excluding hydrogens is 419 g/mol. The number of thiophene rings is 2. The lowest BCUT2D eigenvalue weighted by Crippen LogP contribution is -2.37. The Hall–Kier alpha value is -2.91. The maximum atomic E-state index is 14.0. The van der Waals surface area contributed by atoms with Gasteiger partial charge in [0.2, 0.25) is 0 Å². The number of halogens is 3. The van der Waals surface area contributed by atoms with Gasteiger partial charge in [-0.05, 0) is 23.1 Å². The van der Waals surface area contributed by atoms with Crippen molar-refractivity contribution in [3.63, 3.8) is 0 Å². The second-order valence-electron chi connectivity index (χ2n) is 6.48. The first-order valence-corrected chi connectivity index (χ1v) is 10.3. The van der Waals surface area contributed by atoms with Crippen LogP contribution in [0.4, 0.5) is 18.9 Å². The Labute approximate surface area is 171 Å². The number of nitrogens with zero attached hydrogens (tertiary/aromatic N) is 1. The standard InChI is InChI=1S/C20H12F3N3OS2/c21-20(22,23)11-9-12(13-7-4-8-28-13)24-19-14(11)15-16(29-19)18(27)26-17(25-15)10-5-2-1-3-6-10/h1-9,17,25H,(H,26,27)/t17-/m0/s1. The Bertz CT molecular complexity index is 1220.